The number of rotatable bonds is 5. The van der Waals surface area contributed by atoms with E-state index in [0.29, 0.717) is 13.0 Å². The molecule has 3 nitrogen and oxygen atoms in total. The first-order chi connectivity index (χ1) is 8.20. The van der Waals surface area contributed by atoms with Gasteiger partial charge in [0.1, 0.15) is 0 Å². The highest BCUT2D eigenvalue weighted by Crippen LogP contribution is 2.40. The zero-order valence-corrected chi connectivity index (χ0v) is 10.1. The van der Waals surface area contributed by atoms with Crippen LogP contribution in [0.25, 0.3) is 0 Å². The molecule has 1 N–H and O–H groups in total. The van der Waals surface area contributed by atoms with Crippen molar-refractivity contribution in [1.29, 1.82) is 0 Å². The highest BCUT2D eigenvalue weighted by molar-refractivity contribution is 5.81. The maximum absolute atomic E-state index is 11.6. The first-order valence-electron chi connectivity index (χ1n) is 6.16. The summed E-state index contributed by atoms with van der Waals surface area (Å²) in [5.74, 6) is -0.862. The highest BCUT2D eigenvalue weighted by atomic mass is 16.5. The van der Waals surface area contributed by atoms with Gasteiger partial charge in [-0.2, -0.15) is 0 Å². The fraction of sp³-hybridized carbons (Fsp3) is 0.500. The van der Waals surface area contributed by atoms with Crippen molar-refractivity contribution in [2.24, 2.45) is 0 Å². The number of unbranched alkanes of at least 4 members (excludes halogenated alkanes) is 1. The molecule has 0 saturated heterocycles. The zero-order valence-electron chi connectivity index (χ0n) is 10.1. The molecule has 0 radical (unpaired) electrons. The summed E-state index contributed by atoms with van der Waals surface area (Å²) < 4.78 is 5.72. The predicted octanol–water partition coefficient (Wildman–Crippen LogP) is 2.73. The first kappa shape index (κ1) is 12.1. The van der Waals surface area contributed by atoms with Crippen LogP contribution in [0.4, 0.5) is 0 Å². The Morgan fingerprint density at radius 2 is 2.24 bits per heavy atom. The SMILES string of the molecule is CCCCOC1(C(=O)O)CCc2ccccc21. The average molecular weight is 234 g/mol. The Morgan fingerprint density at radius 3 is 2.94 bits per heavy atom. The summed E-state index contributed by atoms with van der Waals surface area (Å²) in [6.45, 7) is 2.58. The molecule has 1 atom stereocenters. The number of aliphatic carboxylic acids is 1. The third-order valence-corrected chi connectivity index (χ3v) is 3.39. The lowest BCUT2D eigenvalue weighted by molar-refractivity contribution is -0.168. The van der Waals surface area contributed by atoms with E-state index in [1.165, 1.54) is 0 Å². The van der Waals surface area contributed by atoms with Gasteiger partial charge in [0.2, 0.25) is 0 Å². The quantitative estimate of drug-likeness (QED) is 0.797. The summed E-state index contributed by atoms with van der Waals surface area (Å²) in [4.78, 5) is 11.6. The molecule has 3 heteroatoms. The number of carboxylic acids is 1. The summed E-state index contributed by atoms with van der Waals surface area (Å²) in [5, 5.41) is 9.48. The fourth-order valence-corrected chi connectivity index (χ4v) is 2.40. The molecule has 17 heavy (non-hydrogen) atoms. The summed E-state index contributed by atoms with van der Waals surface area (Å²) >= 11 is 0. The van der Waals surface area contributed by atoms with Crippen LogP contribution in [-0.2, 0) is 21.6 Å². The third kappa shape index (κ3) is 2.07. The van der Waals surface area contributed by atoms with Crippen molar-refractivity contribution in [1.82, 2.24) is 0 Å². The Labute approximate surface area is 101 Å². The molecule has 0 aromatic heterocycles. The lowest BCUT2D eigenvalue weighted by Gasteiger charge is -2.26. The molecule has 1 aromatic carbocycles. The van der Waals surface area contributed by atoms with Crippen molar-refractivity contribution in [3.8, 4) is 0 Å². The molecule has 0 aliphatic heterocycles. The molecule has 0 fully saturated rings. The Kier molecular flexibility index (Phi) is 3.48. The molecule has 1 aliphatic rings. The molecule has 0 saturated carbocycles. The fourth-order valence-electron chi connectivity index (χ4n) is 2.40. The van der Waals surface area contributed by atoms with E-state index in [-0.39, 0.29) is 0 Å². The number of fused-ring (bicyclic) bond motifs is 1. The highest BCUT2D eigenvalue weighted by Gasteiger charge is 2.46. The van der Waals surface area contributed by atoms with Crippen LogP contribution >= 0.6 is 0 Å². The second-order valence-corrected chi connectivity index (χ2v) is 4.49. The lowest BCUT2D eigenvalue weighted by atomic mass is 9.96. The predicted molar refractivity (Wildman–Crippen MR) is 64.9 cm³/mol. The van der Waals surface area contributed by atoms with Gasteiger partial charge in [-0.3, -0.25) is 0 Å². The number of hydrogen-bond acceptors (Lipinski definition) is 2. The second-order valence-electron chi connectivity index (χ2n) is 4.49. The van der Waals surface area contributed by atoms with Crippen LogP contribution in [0.5, 0.6) is 0 Å². The Morgan fingerprint density at radius 1 is 1.47 bits per heavy atom. The molecule has 92 valence electrons. The standard InChI is InChI=1S/C14H18O3/c1-2-3-10-17-14(13(15)16)9-8-11-6-4-5-7-12(11)14/h4-7H,2-3,8-10H2,1H3,(H,15,16). The molecule has 1 aliphatic carbocycles. The molecule has 0 bridgehead atoms. The molecule has 0 heterocycles. The third-order valence-electron chi connectivity index (χ3n) is 3.39. The Balaban J connectivity index is 2.28. The molecule has 2 rings (SSSR count). The maximum Gasteiger partial charge on any atom is 0.340 e. The molecular weight excluding hydrogens is 216 g/mol. The number of carboxylic acid groups (broad SMARTS) is 1. The van der Waals surface area contributed by atoms with Crippen LogP contribution in [0.15, 0.2) is 24.3 Å². The van der Waals surface area contributed by atoms with E-state index in [9.17, 15) is 9.90 Å². The zero-order chi connectivity index (χ0) is 12.3. The normalized spacial score (nSPS) is 22.4. The van der Waals surface area contributed by atoms with Crippen molar-refractivity contribution in [3.63, 3.8) is 0 Å². The van der Waals surface area contributed by atoms with Crippen LogP contribution < -0.4 is 0 Å². The van der Waals surface area contributed by atoms with E-state index in [1.807, 2.05) is 24.3 Å². The smallest absolute Gasteiger partial charge is 0.340 e. The van der Waals surface area contributed by atoms with Gasteiger partial charge in [-0.25, -0.2) is 4.79 Å². The van der Waals surface area contributed by atoms with E-state index in [4.69, 9.17) is 4.74 Å². The van der Waals surface area contributed by atoms with Crippen LogP contribution in [0, 0.1) is 0 Å². The summed E-state index contributed by atoms with van der Waals surface area (Å²) in [5.41, 5.74) is 0.834. The van der Waals surface area contributed by atoms with E-state index in [2.05, 4.69) is 6.92 Å². The van der Waals surface area contributed by atoms with Crippen LogP contribution in [0.2, 0.25) is 0 Å². The first-order valence-corrected chi connectivity index (χ1v) is 6.16. The van der Waals surface area contributed by atoms with Crippen molar-refractivity contribution in [2.45, 2.75) is 38.2 Å². The summed E-state index contributed by atoms with van der Waals surface area (Å²) in [6.07, 6.45) is 3.24. The van der Waals surface area contributed by atoms with E-state index < -0.39 is 11.6 Å². The summed E-state index contributed by atoms with van der Waals surface area (Å²) in [7, 11) is 0. The number of aryl methyl sites for hydroxylation is 1. The largest absolute Gasteiger partial charge is 0.479 e. The number of hydrogen-bond donors (Lipinski definition) is 1. The van der Waals surface area contributed by atoms with Crippen LogP contribution in [0.1, 0.15) is 37.3 Å². The van der Waals surface area contributed by atoms with Crippen LogP contribution in [-0.4, -0.2) is 17.7 Å². The van der Waals surface area contributed by atoms with Gasteiger partial charge in [0.05, 0.1) is 0 Å². The Bertz CT molecular complexity index is 414. The monoisotopic (exact) mass is 234 g/mol. The molecule has 1 aromatic rings. The molecule has 0 spiro atoms. The number of ether oxygens (including phenoxy) is 1. The van der Waals surface area contributed by atoms with Gasteiger partial charge in [-0.15, -0.1) is 0 Å². The maximum atomic E-state index is 11.6. The molecule has 0 amide bonds. The van der Waals surface area contributed by atoms with E-state index in [1.54, 1.807) is 0 Å². The van der Waals surface area contributed by atoms with Crippen LogP contribution in [0.3, 0.4) is 0 Å². The van der Waals surface area contributed by atoms with Crippen molar-refractivity contribution in [2.75, 3.05) is 6.61 Å². The Hall–Kier alpha value is -1.35. The van der Waals surface area contributed by atoms with Gasteiger partial charge in [-0.05, 0) is 30.4 Å². The average Bonchev–Trinajstić information content (AvgIpc) is 2.70. The molecular formula is C14H18O3. The van der Waals surface area contributed by atoms with Crippen molar-refractivity contribution >= 4 is 5.97 Å². The van der Waals surface area contributed by atoms with E-state index >= 15 is 0 Å². The lowest BCUT2D eigenvalue weighted by Crippen LogP contribution is -2.36. The minimum atomic E-state index is -1.11. The molecule has 1 unspecified atom stereocenters. The minimum absolute atomic E-state index is 0.511. The van der Waals surface area contributed by atoms with Gasteiger partial charge in [-0.1, -0.05) is 37.6 Å². The summed E-state index contributed by atoms with van der Waals surface area (Å²) in [6, 6.07) is 7.69. The van der Waals surface area contributed by atoms with Gasteiger partial charge in [0, 0.05) is 6.61 Å². The van der Waals surface area contributed by atoms with Gasteiger partial charge >= 0.3 is 5.97 Å². The van der Waals surface area contributed by atoms with Crippen molar-refractivity contribution < 1.29 is 14.6 Å². The van der Waals surface area contributed by atoms with Crippen molar-refractivity contribution in [3.05, 3.63) is 35.4 Å². The second kappa shape index (κ2) is 4.88. The minimum Gasteiger partial charge on any atom is -0.479 e. The van der Waals surface area contributed by atoms with E-state index in [0.717, 1.165) is 30.4 Å². The van der Waals surface area contributed by atoms with Gasteiger partial charge < -0.3 is 9.84 Å². The topological polar surface area (TPSA) is 46.5 Å². The number of carbonyl (C=O) groups is 1. The number of benzene rings is 1. The van der Waals surface area contributed by atoms with Gasteiger partial charge in [0.25, 0.3) is 0 Å². The van der Waals surface area contributed by atoms with Gasteiger partial charge in [0.15, 0.2) is 5.60 Å².